The monoisotopic (exact) mass is 306 g/mol. The molecule has 1 atom stereocenters. The standard InChI is InChI=1S/C17H26N2O3/c1-11-9-15(20)12(2)8-14(11)18-13-6-7-19(10-13)16(21)22-17(3,4)5/h8-9,13,18,20H,6-7,10H2,1-5H3. The number of nitrogens with one attached hydrogen (secondary N) is 1. The fraction of sp³-hybridized carbons (Fsp3) is 0.588. The fourth-order valence-electron chi connectivity index (χ4n) is 2.55. The minimum atomic E-state index is -0.465. The molecule has 5 heteroatoms. The number of hydrogen-bond donors (Lipinski definition) is 2. The van der Waals surface area contributed by atoms with Gasteiger partial charge in [0.25, 0.3) is 0 Å². The smallest absolute Gasteiger partial charge is 0.410 e. The van der Waals surface area contributed by atoms with Crippen molar-refractivity contribution in [1.82, 2.24) is 4.90 Å². The van der Waals surface area contributed by atoms with Gasteiger partial charge >= 0.3 is 6.09 Å². The van der Waals surface area contributed by atoms with E-state index >= 15 is 0 Å². The van der Waals surface area contributed by atoms with Gasteiger partial charge in [-0.25, -0.2) is 4.79 Å². The first-order valence-corrected chi connectivity index (χ1v) is 7.70. The van der Waals surface area contributed by atoms with Crippen LogP contribution in [0.2, 0.25) is 0 Å². The third kappa shape index (κ3) is 4.06. The normalized spacial score (nSPS) is 18.4. The second-order valence-corrected chi connectivity index (χ2v) is 7.01. The predicted molar refractivity (Wildman–Crippen MR) is 87.4 cm³/mol. The second-order valence-electron chi connectivity index (χ2n) is 7.01. The number of anilines is 1. The molecule has 1 saturated heterocycles. The Morgan fingerprint density at radius 3 is 2.64 bits per heavy atom. The Morgan fingerprint density at radius 1 is 1.32 bits per heavy atom. The Hall–Kier alpha value is -1.91. The molecular formula is C17H26N2O3. The molecule has 1 aromatic rings. The number of likely N-dealkylation sites (tertiary alicyclic amines) is 1. The van der Waals surface area contributed by atoms with Crippen molar-refractivity contribution in [1.29, 1.82) is 0 Å². The van der Waals surface area contributed by atoms with Crippen molar-refractivity contribution in [2.24, 2.45) is 0 Å². The Balaban J connectivity index is 1.97. The quantitative estimate of drug-likeness (QED) is 0.822. The average molecular weight is 306 g/mol. The lowest BCUT2D eigenvalue weighted by Crippen LogP contribution is -2.36. The summed E-state index contributed by atoms with van der Waals surface area (Å²) in [4.78, 5) is 13.8. The second kappa shape index (κ2) is 6.07. The Labute approximate surface area is 132 Å². The molecule has 5 nitrogen and oxygen atoms in total. The molecule has 1 heterocycles. The fourth-order valence-corrected chi connectivity index (χ4v) is 2.55. The summed E-state index contributed by atoms with van der Waals surface area (Å²) in [6, 6.07) is 3.91. The molecule has 0 aromatic heterocycles. The molecule has 0 saturated carbocycles. The molecule has 2 rings (SSSR count). The number of aromatic hydroxyl groups is 1. The number of benzene rings is 1. The van der Waals surface area contributed by atoms with E-state index in [1.807, 2.05) is 40.7 Å². The zero-order valence-electron chi connectivity index (χ0n) is 14.1. The molecule has 1 aliphatic heterocycles. The lowest BCUT2D eigenvalue weighted by atomic mass is 10.1. The molecule has 122 valence electrons. The maximum atomic E-state index is 12.1. The first-order valence-electron chi connectivity index (χ1n) is 7.70. The number of ether oxygens (including phenoxy) is 1. The van der Waals surface area contributed by atoms with Crippen molar-refractivity contribution in [2.75, 3.05) is 18.4 Å². The number of nitrogens with zero attached hydrogens (tertiary/aromatic N) is 1. The van der Waals surface area contributed by atoms with Crippen LogP contribution in [0.1, 0.15) is 38.3 Å². The number of amides is 1. The molecule has 0 spiro atoms. The maximum absolute atomic E-state index is 12.1. The summed E-state index contributed by atoms with van der Waals surface area (Å²) in [7, 11) is 0. The maximum Gasteiger partial charge on any atom is 0.410 e. The van der Waals surface area contributed by atoms with Gasteiger partial charge in [0.15, 0.2) is 0 Å². The van der Waals surface area contributed by atoms with Crippen molar-refractivity contribution >= 4 is 11.8 Å². The van der Waals surface area contributed by atoms with Gasteiger partial charge in [-0.1, -0.05) is 0 Å². The van der Waals surface area contributed by atoms with Crippen molar-refractivity contribution in [2.45, 2.75) is 52.7 Å². The van der Waals surface area contributed by atoms with Crippen LogP contribution < -0.4 is 5.32 Å². The molecule has 1 fully saturated rings. The molecule has 1 unspecified atom stereocenters. The topological polar surface area (TPSA) is 61.8 Å². The van der Waals surface area contributed by atoms with Crippen LogP contribution in [-0.4, -0.2) is 40.8 Å². The Bertz CT molecular complexity index is 564. The minimum absolute atomic E-state index is 0.204. The van der Waals surface area contributed by atoms with Crippen LogP contribution in [0, 0.1) is 13.8 Å². The largest absolute Gasteiger partial charge is 0.508 e. The third-order valence-electron chi connectivity index (χ3n) is 3.74. The van der Waals surface area contributed by atoms with E-state index in [2.05, 4.69) is 5.32 Å². The van der Waals surface area contributed by atoms with Crippen LogP contribution in [-0.2, 0) is 4.74 Å². The molecule has 1 aromatic carbocycles. The highest BCUT2D eigenvalue weighted by Gasteiger charge is 2.29. The molecule has 1 aliphatic rings. The highest BCUT2D eigenvalue weighted by Crippen LogP contribution is 2.27. The molecule has 0 radical (unpaired) electrons. The van der Waals surface area contributed by atoms with Crippen LogP contribution >= 0.6 is 0 Å². The minimum Gasteiger partial charge on any atom is -0.508 e. The summed E-state index contributed by atoms with van der Waals surface area (Å²) in [5, 5.41) is 13.2. The van der Waals surface area contributed by atoms with Crippen LogP contribution in [0.3, 0.4) is 0 Å². The summed E-state index contributed by atoms with van der Waals surface area (Å²) < 4.78 is 5.40. The molecule has 2 N–H and O–H groups in total. The zero-order chi connectivity index (χ0) is 16.5. The average Bonchev–Trinajstić information content (AvgIpc) is 2.82. The zero-order valence-corrected chi connectivity index (χ0v) is 14.1. The first-order chi connectivity index (χ1) is 10.2. The van der Waals surface area contributed by atoms with Crippen LogP contribution in [0.4, 0.5) is 10.5 Å². The van der Waals surface area contributed by atoms with Crippen LogP contribution in [0.5, 0.6) is 5.75 Å². The van der Waals surface area contributed by atoms with E-state index in [1.165, 1.54) is 0 Å². The Morgan fingerprint density at radius 2 is 2.00 bits per heavy atom. The van der Waals surface area contributed by atoms with Gasteiger partial charge in [-0.05, 0) is 64.3 Å². The van der Waals surface area contributed by atoms with Crippen molar-refractivity contribution in [3.8, 4) is 5.75 Å². The highest BCUT2D eigenvalue weighted by molar-refractivity contribution is 5.69. The number of carbonyl (C=O) groups excluding carboxylic acids is 1. The third-order valence-corrected chi connectivity index (χ3v) is 3.74. The van der Waals surface area contributed by atoms with E-state index in [4.69, 9.17) is 4.74 Å². The number of hydrogen-bond acceptors (Lipinski definition) is 4. The van der Waals surface area contributed by atoms with Crippen molar-refractivity contribution in [3.63, 3.8) is 0 Å². The summed E-state index contributed by atoms with van der Waals surface area (Å²) in [6.45, 7) is 10.8. The predicted octanol–water partition coefficient (Wildman–Crippen LogP) is 3.43. The van der Waals surface area contributed by atoms with E-state index in [0.717, 1.165) is 23.2 Å². The number of phenols is 1. The van der Waals surface area contributed by atoms with Gasteiger partial charge in [-0.15, -0.1) is 0 Å². The van der Waals surface area contributed by atoms with Crippen LogP contribution in [0.15, 0.2) is 12.1 Å². The number of carbonyl (C=O) groups is 1. The number of rotatable bonds is 2. The molecule has 0 bridgehead atoms. The van der Waals surface area contributed by atoms with Gasteiger partial charge in [-0.2, -0.15) is 0 Å². The van der Waals surface area contributed by atoms with Crippen molar-refractivity contribution < 1.29 is 14.6 Å². The van der Waals surface area contributed by atoms with E-state index < -0.39 is 5.60 Å². The van der Waals surface area contributed by atoms with Gasteiger partial charge in [0.05, 0.1) is 0 Å². The van der Waals surface area contributed by atoms with E-state index in [0.29, 0.717) is 18.8 Å². The lowest BCUT2D eigenvalue weighted by Gasteiger charge is -2.24. The molecule has 1 amide bonds. The summed E-state index contributed by atoms with van der Waals surface area (Å²) in [5.41, 5.74) is 2.38. The number of phenolic OH excluding ortho intramolecular Hbond substituents is 1. The molecule has 22 heavy (non-hydrogen) atoms. The van der Waals surface area contributed by atoms with Crippen molar-refractivity contribution in [3.05, 3.63) is 23.3 Å². The number of aryl methyl sites for hydroxylation is 2. The summed E-state index contributed by atoms with van der Waals surface area (Å²) >= 11 is 0. The SMILES string of the molecule is Cc1cc(NC2CCN(C(=O)OC(C)(C)C)C2)c(C)cc1O. The lowest BCUT2D eigenvalue weighted by molar-refractivity contribution is 0.0293. The van der Waals surface area contributed by atoms with E-state index in [1.54, 1.807) is 11.0 Å². The van der Waals surface area contributed by atoms with E-state index in [-0.39, 0.29) is 12.1 Å². The molecular weight excluding hydrogens is 280 g/mol. The highest BCUT2D eigenvalue weighted by atomic mass is 16.6. The van der Waals surface area contributed by atoms with E-state index in [9.17, 15) is 9.90 Å². The van der Waals surface area contributed by atoms with Crippen LogP contribution in [0.25, 0.3) is 0 Å². The molecule has 0 aliphatic carbocycles. The van der Waals surface area contributed by atoms with Gasteiger partial charge < -0.3 is 20.1 Å². The van der Waals surface area contributed by atoms with Gasteiger partial charge in [-0.3, -0.25) is 0 Å². The summed E-state index contributed by atoms with van der Waals surface area (Å²) in [5.74, 6) is 0.310. The summed E-state index contributed by atoms with van der Waals surface area (Å²) in [6.07, 6.45) is 0.633. The van der Waals surface area contributed by atoms with Gasteiger partial charge in [0.1, 0.15) is 11.4 Å². The first kappa shape index (κ1) is 16.5. The van der Waals surface area contributed by atoms with Gasteiger partial charge in [0, 0.05) is 24.8 Å². The Kier molecular flexibility index (Phi) is 4.54. The van der Waals surface area contributed by atoms with Gasteiger partial charge in [0.2, 0.25) is 0 Å².